The Bertz CT molecular complexity index is 1330. The molecule has 4 aromatic rings. The fourth-order valence-corrected chi connectivity index (χ4v) is 4.30. The third kappa shape index (κ3) is 2.64. The van der Waals surface area contributed by atoms with Gasteiger partial charge in [0, 0.05) is 54.1 Å². The summed E-state index contributed by atoms with van der Waals surface area (Å²) in [5.74, 6) is 0.349. The number of nitriles is 1. The monoisotopic (exact) mass is 397 g/mol. The van der Waals surface area contributed by atoms with E-state index >= 15 is 0 Å². The van der Waals surface area contributed by atoms with Gasteiger partial charge in [0.05, 0.1) is 23.7 Å². The van der Waals surface area contributed by atoms with E-state index in [4.69, 9.17) is 12.3 Å². The highest BCUT2D eigenvalue weighted by Gasteiger charge is 2.50. The third-order valence-corrected chi connectivity index (χ3v) is 5.87. The Balaban J connectivity index is 1.64. The zero-order valence-electron chi connectivity index (χ0n) is 16.4. The fraction of sp³-hybridized carbons (Fsp3) is 0.286. The molecule has 30 heavy (non-hydrogen) atoms. The van der Waals surface area contributed by atoms with Gasteiger partial charge in [-0.3, -0.25) is 9.36 Å². The molecule has 0 atom stereocenters. The average molecular weight is 397 g/mol. The van der Waals surface area contributed by atoms with Gasteiger partial charge >= 0.3 is 0 Å². The van der Waals surface area contributed by atoms with Gasteiger partial charge in [0.1, 0.15) is 5.54 Å². The molecule has 5 rings (SSSR count). The highest BCUT2D eigenvalue weighted by atomic mass is 15.4. The van der Waals surface area contributed by atoms with Crippen LogP contribution in [0.25, 0.3) is 32.6 Å². The number of fused-ring (bicyclic) bond motifs is 1. The molecule has 148 valence electrons. The van der Waals surface area contributed by atoms with Crippen molar-refractivity contribution >= 4 is 11.3 Å². The number of nitrogens with two attached hydrogens (primary N) is 1. The van der Waals surface area contributed by atoms with Crippen molar-refractivity contribution in [1.29, 1.82) is 5.26 Å². The van der Waals surface area contributed by atoms with Crippen molar-refractivity contribution in [3.8, 4) is 28.3 Å². The predicted octanol–water partition coefficient (Wildman–Crippen LogP) is 2.73. The Morgan fingerprint density at radius 1 is 1.27 bits per heavy atom. The van der Waals surface area contributed by atoms with Crippen LogP contribution in [0.3, 0.4) is 0 Å². The number of hydrogen-bond acceptors (Lipinski definition) is 5. The molecule has 1 aliphatic carbocycles. The van der Waals surface area contributed by atoms with Gasteiger partial charge in [0.25, 0.3) is 0 Å². The first-order valence-electron chi connectivity index (χ1n) is 9.58. The third-order valence-electron chi connectivity index (χ3n) is 5.87. The number of nitrogen functional groups attached to an aromatic ring is 1. The quantitative estimate of drug-likeness (QED) is 0.533. The van der Waals surface area contributed by atoms with Gasteiger partial charge in [-0.25, -0.2) is 11.1 Å². The summed E-state index contributed by atoms with van der Waals surface area (Å²) < 4.78 is 5.37. The molecular weight excluding hydrogens is 378 g/mol. The maximum absolute atomic E-state index is 9.21. The van der Waals surface area contributed by atoms with Gasteiger partial charge in [-0.1, -0.05) is 0 Å². The summed E-state index contributed by atoms with van der Waals surface area (Å²) in [6.45, 7) is 7.64. The molecule has 0 amide bonds. The molecule has 0 radical (unpaired) electrons. The minimum absolute atomic E-state index is 0.0453. The molecule has 0 aromatic carbocycles. The van der Waals surface area contributed by atoms with Gasteiger partial charge in [-0.15, -0.1) is 0 Å². The second kappa shape index (κ2) is 6.46. The number of hydrogen-bond donors (Lipinski definition) is 1. The van der Waals surface area contributed by atoms with Gasteiger partial charge in [-0.2, -0.15) is 20.6 Å². The molecule has 4 heterocycles. The van der Waals surface area contributed by atoms with Crippen LogP contribution in [-0.4, -0.2) is 35.7 Å². The van der Waals surface area contributed by atoms with E-state index < -0.39 is 5.54 Å². The van der Waals surface area contributed by atoms with E-state index in [1.165, 1.54) is 0 Å². The lowest BCUT2D eigenvalue weighted by molar-refractivity contribution is 0.102. The van der Waals surface area contributed by atoms with Crippen molar-refractivity contribution in [3.63, 3.8) is 0 Å². The summed E-state index contributed by atoms with van der Waals surface area (Å²) >= 11 is 0. The molecule has 1 saturated carbocycles. The highest BCUT2D eigenvalue weighted by molar-refractivity contribution is 5.88. The molecule has 1 fully saturated rings. The highest BCUT2D eigenvalue weighted by Crippen LogP contribution is 2.45. The summed E-state index contributed by atoms with van der Waals surface area (Å²) in [5.41, 5.74) is 10.4. The molecule has 0 spiro atoms. The Hall–Kier alpha value is -4.11. The summed E-state index contributed by atoms with van der Waals surface area (Å²) in [6, 6.07) is 6.29. The largest absolute Gasteiger partial charge is 0.382 e. The van der Waals surface area contributed by atoms with Crippen LogP contribution in [0, 0.1) is 23.8 Å². The maximum atomic E-state index is 9.21. The summed E-state index contributed by atoms with van der Waals surface area (Å²) in [5, 5.41) is 22.4. The first-order chi connectivity index (χ1) is 14.5. The van der Waals surface area contributed by atoms with E-state index in [1.807, 2.05) is 42.4 Å². The van der Waals surface area contributed by atoms with Crippen LogP contribution >= 0.6 is 0 Å². The van der Waals surface area contributed by atoms with Crippen molar-refractivity contribution in [1.82, 2.24) is 29.2 Å². The second-order valence-electron chi connectivity index (χ2n) is 7.85. The molecule has 0 aliphatic heterocycles. The van der Waals surface area contributed by atoms with E-state index in [0.717, 1.165) is 27.8 Å². The van der Waals surface area contributed by atoms with Crippen molar-refractivity contribution in [3.05, 3.63) is 54.5 Å². The average Bonchev–Trinajstić information content (AvgIpc) is 3.43. The van der Waals surface area contributed by atoms with E-state index in [9.17, 15) is 5.26 Å². The van der Waals surface area contributed by atoms with Crippen LogP contribution in [0.15, 0.2) is 43.1 Å². The zero-order chi connectivity index (χ0) is 20.9. The summed E-state index contributed by atoms with van der Waals surface area (Å²) in [4.78, 5) is 3.60. The van der Waals surface area contributed by atoms with Gasteiger partial charge in [0.15, 0.2) is 5.82 Å². The predicted molar refractivity (Wildman–Crippen MR) is 111 cm³/mol. The molecule has 9 nitrogen and oxygen atoms in total. The molecular formula is C21H19N9. The Morgan fingerprint density at radius 3 is 2.80 bits per heavy atom. The number of pyridine rings is 1. The minimum atomic E-state index is -0.466. The Kier molecular flexibility index (Phi) is 3.87. The van der Waals surface area contributed by atoms with E-state index in [2.05, 4.69) is 32.3 Å². The topological polar surface area (TPSA) is 107 Å². The van der Waals surface area contributed by atoms with Crippen molar-refractivity contribution in [2.75, 3.05) is 12.3 Å². The summed E-state index contributed by atoms with van der Waals surface area (Å²) in [6.07, 6.45) is 10.6. The number of anilines is 1. The SMILES string of the molecule is [C-]#[N+]CC1(n2cc(-c3cc(-c4cnn(C)c4)cn4nccc34)c(N)n2)CC(C#N)C1. The zero-order valence-corrected chi connectivity index (χ0v) is 16.4. The number of nitrogens with zero attached hydrogens (tertiary/aromatic N) is 8. The van der Waals surface area contributed by atoms with Crippen LogP contribution in [-0.2, 0) is 12.6 Å². The van der Waals surface area contributed by atoms with E-state index in [1.54, 1.807) is 15.6 Å². The minimum Gasteiger partial charge on any atom is -0.382 e. The number of aromatic nitrogens is 6. The lowest BCUT2D eigenvalue weighted by atomic mass is 9.69. The van der Waals surface area contributed by atoms with Crippen LogP contribution in [0.1, 0.15) is 12.8 Å². The standard InChI is InChI=1S/C21H19N9/c1-24-13-21(6-14(7-21)8-22)30-12-18(20(23)27-30)17-5-15(16-9-26-28(2)10-16)11-29-19(17)3-4-25-29/h3-5,9-12,14H,6-7,13H2,2H3,(H2,23,27). The van der Waals surface area contributed by atoms with E-state index in [0.29, 0.717) is 18.7 Å². The molecule has 0 saturated heterocycles. The van der Waals surface area contributed by atoms with Gasteiger partial charge in [-0.05, 0) is 25.0 Å². The first kappa shape index (κ1) is 18.0. The van der Waals surface area contributed by atoms with Crippen LogP contribution in [0.4, 0.5) is 5.82 Å². The van der Waals surface area contributed by atoms with Gasteiger partial charge < -0.3 is 10.6 Å². The smallest absolute Gasteiger partial charge is 0.239 e. The van der Waals surface area contributed by atoms with Gasteiger partial charge in [0.2, 0.25) is 6.54 Å². The van der Waals surface area contributed by atoms with E-state index in [-0.39, 0.29) is 12.5 Å². The molecule has 1 aliphatic rings. The van der Waals surface area contributed by atoms with Crippen LogP contribution in [0.5, 0.6) is 0 Å². The molecule has 4 aromatic heterocycles. The van der Waals surface area contributed by atoms with Crippen LogP contribution < -0.4 is 5.73 Å². The molecule has 0 bridgehead atoms. The first-order valence-corrected chi connectivity index (χ1v) is 9.58. The van der Waals surface area contributed by atoms with Crippen molar-refractivity contribution < 1.29 is 0 Å². The molecule has 0 unspecified atom stereocenters. The maximum Gasteiger partial charge on any atom is 0.239 e. The normalized spacial score (nSPS) is 20.6. The number of rotatable bonds is 4. The summed E-state index contributed by atoms with van der Waals surface area (Å²) in [7, 11) is 1.88. The van der Waals surface area contributed by atoms with Crippen molar-refractivity contribution in [2.24, 2.45) is 13.0 Å². The van der Waals surface area contributed by atoms with Crippen molar-refractivity contribution in [2.45, 2.75) is 18.4 Å². The number of aryl methyl sites for hydroxylation is 1. The lowest BCUT2D eigenvalue weighted by Gasteiger charge is -2.40. The molecule has 2 N–H and O–H groups in total. The van der Waals surface area contributed by atoms with Crippen LogP contribution in [0.2, 0.25) is 0 Å². The molecule has 9 heteroatoms. The Morgan fingerprint density at radius 2 is 2.10 bits per heavy atom. The second-order valence-corrected chi connectivity index (χ2v) is 7.85. The fourth-order valence-electron chi connectivity index (χ4n) is 4.30. The Labute approximate surface area is 172 Å². The lowest BCUT2D eigenvalue weighted by Crippen LogP contribution is -2.48.